The lowest BCUT2D eigenvalue weighted by molar-refractivity contribution is -0.114. The van der Waals surface area contributed by atoms with Gasteiger partial charge in [0.25, 0.3) is 0 Å². The van der Waals surface area contributed by atoms with Crippen LogP contribution in [-0.4, -0.2) is 12.3 Å². The van der Waals surface area contributed by atoms with Crippen molar-refractivity contribution < 1.29 is 9.18 Å². The Balaban J connectivity index is 2.28. The molecule has 0 spiro atoms. The van der Waals surface area contributed by atoms with Crippen molar-refractivity contribution in [2.75, 3.05) is 11.4 Å². The van der Waals surface area contributed by atoms with Gasteiger partial charge in [-0.05, 0) is 18.2 Å². The van der Waals surface area contributed by atoms with Gasteiger partial charge in [-0.2, -0.15) is 0 Å². The van der Waals surface area contributed by atoms with E-state index < -0.39 is 0 Å². The molecular formula is C11H10FNO. The van der Waals surface area contributed by atoms with Gasteiger partial charge >= 0.3 is 0 Å². The van der Waals surface area contributed by atoms with Gasteiger partial charge < -0.3 is 4.90 Å². The molecule has 0 aromatic heterocycles. The molecule has 14 heavy (non-hydrogen) atoms. The second kappa shape index (κ2) is 3.62. The summed E-state index contributed by atoms with van der Waals surface area (Å²) in [6.45, 7) is 0.552. The first-order valence-corrected chi connectivity index (χ1v) is 4.49. The molecule has 3 heteroatoms. The zero-order valence-corrected chi connectivity index (χ0v) is 7.61. The van der Waals surface area contributed by atoms with E-state index in [1.807, 2.05) is 0 Å². The smallest absolute Gasteiger partial charge is 0.158 e. The average Bonchev–Trinajstić information content (AvgIpc) is 2.20. The molecule has 1 aliphatic heterocycles. The second-order valence-corrected chi connectivity index (χ2v) is 3.18. The summed E-state index contributed by atoms with van der Waals surface area (Å²) in [5, 5.41) is 0. The summed E-state index contributed by atoms with van der Waals surface area (Å²) in [5.74, 6) is -0.163. The van der Waals surface area contributed by atoms with Crippen molar-refractivity contribution >= 4 is 11.5 Å². The normalized spacial score (nSPS) is 16.1. The van der Waals surface area contributed by atoms with E-state index in [0.29, 0.717) is 18.7 Å². The molecular weight excluding hydrogens is 181 g/mol. The van der Waals surface area contributed by atoms with E-state index >= 15 is 0 Å². The fourth-order valence-electron chi connectivity index (χ4n) is 1.45. The SMILES string of the molecule is O=C1C=CN(c2ccccc2F)CC1. The van der Waals surface area contributed by atoms with Crippen LogP contribution < -0.4 is 4.90 Å². The van der Waals surface area contributed by atoms with E-state index in [1.54, 1.807) is 29.3 Å². The third-order valence-electron chi connectivity index (χ3n) is 2.20. The highest BCUT2D eigenvalue weighted by molar-refractivity contribution is 5.91. The zero-order valence-electron chi connectivity index (χ0n) is 7.61. The third kappa shape index (κ3) is 1.66. The van der Waals surface area contributed by atoms with Gasteiger partial charge in [-0.3, -0.25) is 4.79 Å². The molecule has 0 atom stereocenters. The van der Waals surface area contributed by atoms with E-state index in [-0.39, 0.29) is 11.6 Å². The molecule has 1 heterocycles. The minimum absolute atomic E-state index is 0.0950. The first kappa shape index (κ1) is 8.94. The fourth-order valence-corrected chi connectivity index (χ4v) is 1.45. The quantitative estimate of drug-likeness (QED) is 0.677. The molecule has 0 fully saturated rings. The lowest BCUT2D eigenvalue weighted by Gasteiger charge is -2.23. The predicted octanol–water partition coefficient (Wildman–Crippen LogP) is 2.12. The van der Waals surface area contributed by atoms with Crippen LogP contribution in [0.25, 0.3) is 0 Å². The number of carbonyl (C=O) groups is 1. The molecule has 0 aliphatic carbocycles. The molecule has 0 bridgehead atoms. The van der Waals surface area contributed by atoms with Crippen LogP contribution in [0, 0.1) is 5.82 Å². The van der Waals surface area contributed by atoms with Gasteiger partial charge in [0.15, 0.2) is 5.78 Å². The van der Waals surface area contributed by atoms with Crippen LogP contribution >= 0.6 is 0 Å². The molecule has 1 aromatic rings. The highest BCUT2D eigenvalue weighted by Gasteiger charge is 2.13. The van der Waals surface area contributed by atoms with Crippen molar-refractivity contribution in [2.24, 2.45) is 0 Å². The van der Waals surface area contributed by atoms with E-state index in [9.17, 15) is 9.18 Å². The van der Waals surface area contributed by atoms with Crippen molar-refractivity contribution in [3.63, 3.8) is 0 Å². The Bertz CT molecular complexity index is 387. The summed E-state index contributed by atoms with van der Waals surface area (Å²) in [6.07, 6.45) is 3.56. The lowest BCUT2D eigenvalue weighted by atomic mass is 10.2. The molecule has 1 aromatic carbocycles. The molecule has 1 aliphatic rings. The molecule has 0 saturated heterocycles. The maximum absolute atomic E-state index is 13.3. The summed E-state index contributed by atoms with van der Waals surface area (Å²) in [5.41, 5.74) is 0.524. The van der Waals surface area contributed by atoms with Gasteiger partial charge in [-0.1, -0.05) is 12.1 Å². The summed E-state index contributed by atoms with van der Waals surface area (Å²) in [7, 11) is 0. The maximum atomic E-state index is 13.3. The summed E-state index contributed by atoms with van der Waals surface area (Å²) in [4.78, 5) is 12.7. The number of hydrogen-bond acceptors (Lipinski definition) is 2. The van der Waals surface area contributed by atoms with Crippen molar-refractivity contribution in [2.45, 2.75) is 6.42 Å². The Morgan fingerprint density at radius 1 is 1.29 bits per heavy atom. The number of carbonyl (C=O) groups excluding carboxylic acids is 1. The number of para-hydroxylation sites is 1. The number of anilines is 1. The average molecular weight is 191 g/mol. The minimum Gasteiger partial charge on any atom is -0.345 e. The van der Waals surface area contributed by atoms with Gasteiger partial charge in [0.2, 0.25) is 0 Å². The summed E-state index contributed by atoms with van der Waals surface area (Å²) in [6, 6.07) is 6.55. The zero-order chi connectivity index (χ0) is 9.97. The Morgan fingerprint density at radius 2 is 2.07 bits per heavy atom. The number of benzene rings is 1. The van der Waals surface area contributed by atoms with Crippen LogP contribution in [0.1, 0.15) is 6.42 Å². The Labute approximate surface area is 81.6 Å². The first-order valence-electron chi connectivity index (χ1n) is 4.49. The molecule has 0 N–H and O–H groups in total. The van der Waals surface area contributed by atoms with Crippen LogP contribution in [-0.2, 0) is 4.79 Å². The molecule has 2 nitrogen and oxygen atoms in total. The number of halogens is 1. The summed E-state index contributed by atoms with van der Waals surface area (Å²) >= 11 is 0. The van der Waals surface area contributed by atoms with E-state index in [4.69, 9.17) is 0 Å². The first-order chi connectivity index (χ1) is 6.77. The van der Waals surface area contributed by atoms with Crippen LogP contribution in [0.3, 0.4) is 0 Å². The van der Waals surface area contributed by atoms with Gasteiger partial charge in [0, 0.05) is 19.2 Å². The number of rotatable bonds is 1. The van der Waals surface area contributed by atoms with Gasteiger partial charge in [-0.25, -0.2) is 4.39 Å². The van der Waals surface area contributed by atoms with Crippen LogP contribution in [0.2, 0.25) is 0 Å². The van der Waals surface area contributed by atoms with E-state index in [0.717, 1.165) is 0 Å². The molecule has 0 radical (unpaired) electrons. The highest BCUT2D eigenvalue weighted by Crippen LogP contribution is 2.20. The van der Waals surface area contributed by atoms with Crippen molar-refractivity contribution in [3.05, 3.63) is 42.4 Å². The second-order valence-electron chi connectivity index (χ2n) is 3.18. The maximum Gasteiger partial charge on any atom is 0.158 e. The predicted molar refractivity (Wildman–Crippen MR) is 52.5 cm³/mol. The van der Waals surface area contributed by atoms with Crippen LogP contribution in [0.5, 0.6) is 0 Å². The summed E-state index contributed by atoms with van der Waals surface area (Å²) < 4.78 is 13.3. The number of allylic oxidation sites excluding steroid dienone is 1. The molecule has 0 unspecified atom stereocenters. The molecule has 0 saturated carbocycles. The highest BCUT2D eigenvalue weighted by atomic mass is 19.1. The third-order valence-corrected chi connectivity index (χ3v) is 2.20. The van der Waals surface area contributed by atoms with E-state index in [2.05, 4.69) is 0 Å². The van der Waals surface area contributed by atoms with Crippen LogP contribution in [0.4, 0.5) is 10.1 Å². The fraction of sp³-hybridized carbons (Fsp3) is 0.182. The Morgan fingerprint density at radius 3 is 2.71 bits per heavy atom. The monoisotopic (exact) mass is 191 g/mol. The van der Waals surface area contributed by atoms with Crippen molar-refractivity contribution in [1.29, 1.82) is 0 Å². The van der Waals surface area contributed by atoms with Crippen molar-refractivity contribution in [3.8, 4) is 0 Å². The van der Waals surface area contributed by atoms with Gasteiger partial charge in [0.05, 0.1) is 5.69 Å². The largest absolute Gasteiger partial charge is 0.345 e. The van der Waals surface area contributed by atoms with Crippen LogP contribution in [0.15, 0.2) is 36.5 Å². The number of nitrogens with zero attached hydrogens (tertiary/aromatic N) is 1. The van der Waals surface area contributed by atoms with Gasteiger partial charge in [-0.15, -0.1) is 0 Å². The Hall–Kier alpha value is -1.64. The molecule has 72 valence electrons. The van der Waals surface area contributed by atoms with Crippen molar-refractivity contribution in [1.82, 2.24) is 0 Å². The molecule has 2 rings (SSSR count). The minimum atomic E-state index is -0.258. The molecule has 0 amide bonds. The standard InChI is InChI=1S/C11H10FNO/c12-10-3-1-2-4-11(10)13-7-5-9(14)6-8-13/h1-5,7H,6,8H2. The number of hydrogen-bond donors (Lipinski definition) is 0. The van der Waals surface area contributed by atoms with Gasteiger partial charge in [0.1, 0.15) is 5.82 Å². The number of ketones is 1. The Kier molecular flexibility index (Phi) is 2.31. The van der Waals surface area contributed by atoms with E-state index in [1.165, 1.54) is 12.1 Å². The lowest BCUT2D eigenvalue weighted by Crippen LogP contribution is -2.24. The topological polar surface area (TPSA) is 20.3 Å².